The van der Waals surface area contributed by atoms with Crippen molar-refractivity contribution in [3.05, 3.63) is 11.5 Å². The minimum absolute atomic E-state index is 0.993. The van der Waals surface area contributed by atoms with E-state index in [9.17, 15) is 0 Å². The molecule has 62 valence electrons. The number of hydrogen-bond donors (Lipinski definition) is 2. The van der Waals surface area contributed by atoms with Crippen LogP contribution in [0.5, 0.6) is 0 Å². The van der Waals surface area contributed by atoms with E-state index < -0.39 is 0 Å². The maximum absolute atomic E-state index is 4.09. The van der Waals surface area contributed by atoms with E-state index in [1.165, 1.54) is 5.70 Å². The number of rotatable bonds is 1. The minimum atomic E-state index is 0.993. The summed E-state index contributed by atoms with van der Waals surface area (Å²) in [6, 6.07) is 0. The molecule has 1 heterocycles. The highest BCUT2D eigenvalue weighted by molar-refractivity contribution is 14.1. The third-order valence-corrected chi connectivity index (χ3v) is 2.22. The molecule has 5 heteroatoms. The topological polar surface area (TPSA) is 44.2 Å². The highest BCUT2D eigenvalue weighted by Crippen LogP contribution is 2.05. The average molecular weight is 267 g/mol. The van der Waals surface area contributed by atoms with Gasteiger partial charge in [0, 0.05) is 21.0 Å². The van der Waals surface area contributed by atoms with Crippen molar-refractivity contribution >= 4 is 28.8 Å². The van der Waals surface area contributed by atoms with E-state index in [2.05, 4.69) is 20.8 Å². The Kier molecular flexibility index (Phi) is 2.72. The van der Waals surface area contributed by atoms with Crippen molar-refractivity contribution in [1.82, 2.24) is 10.2 Å². The van der Waals surface area contributed by atoms with Crippen LogP contribution in [0.3, 0.4) is 0 Å². The first-order valence-corrected chi connectivity index (χ1v) is 4.33. The van der Waals surface area contributed by atoms with Crippen molar-refractivity contribution in [3.63, 3.8) is 0 Å². The molecule has 3 N–H and O–H groups in total. The van der Waals surface area contributed by atoms with E-state index in [1.54, 1.807) is 0 Å². The van der Waals surface area contributed by atoms with Crippen LogP contribution in [0.15, 0.2) is 14.7 Å². The molecule has 0 unspecified atom stereocenters. The van der Waals surface area contributed by atoms with Crippen molar-refractivity contribution in [2.24, 2.45) is 3.21 Å². The predicted octanol–water partition coefficient (Wildman–Crippen LogP) is -0.390. The molecule has 4 nitrogen and oxygen atoms in total. The molecule has 1 aliphatic heterocycles. The Bertz CT molecular complexity index is 221. The molecule has 0 fully saturated rings. The van der Waals surface area contributed by atoms with Crippen LogP contribution in [0, 0.1) is 0 Å². The third-order valence-electron chi connectivity index (χ3n) is 1.72. The van der Waals surface area contributed by atoms with Crippen molar-refractivity contribution in [2.75, 3.05) is 14.1 Å². The zero-order valence-electron chi connectivity index (χ0n) is 6.85. The molecule has 0 saturated carbocycles. The highest BCUT2D eigenvalue weighted by Gasteiger charge is 2.26. The number of quaternary nitrogens is 1. The fraction of sp³-hybridized carbons (Fsp3) is 0.500. The molecule has 0 spiro atoms. The first kappa shape index (κ1) is 8.79. The van der Waals surface area contributed by atoms with E-state index in [-0.39, 0.29) is 0 Å². The summed E-state index contributed by atoms with van der Waals surface area (Å²) in [6.07, 6.45) is 0. The molecule has 11 heavy (non-hydrogen) atoms. The molecule has 0 aromatic rings. The summed E-state index contributed by atoms with van der Waals surface area (Å²) in [5.41, 5.74) is 1.23. The van der Waals surface area contributed by atoms with Gasteiger partial charge in [-0.05, 0) is 0 Å². The van der Waals surface area contributed by atoms with Gasteiger partial charge in [-0.25, -0.2) is 5.32 Å². The van der Waals surface area contributed by atoms with Gasteiger partial charge in [0.25, 0.3) is 0 Å². The predicted molar refractivity (Wildman–Crippen MR) is 52.9 cm³/mol. The van der Waals surface area contributed by atoms with Gasteiger partial charge in [0.1, 0.15) is 0 Å². The Labute approximate surface area is 80.2 Å². The van der Waals surface area contributed by atoms with Gasteiger partial charge in [-0.2, -0.15) is 0 Å². The molecular formula is C6H12IN4+. The van der Waals surface area contributed by atoms with Gasteiger partial charge in [-0.3, -0.25) is 4.90 Å². The molecular weight excluding hydrogens is 255 g/mol. The summed E-state index contributed by atoms with van der Waals surface area (Å²) in [4.78, 5) is 2.03. The number of nitrogens with one attached hydrogen (secondary N) is 1. The first-order valence-electron chi connectivity index (χ1n) is 3.36. The lowest BCUT2D eigenvalue weighted by atomic mass is 10.5. The van der Waals surface area contributed by atoms with Crippen LogP contribution in [0.25, 0.3) is 0 Å². The Morgan fingerprint density at radius 2 is 2.27 bits per heavy atom. The molecule has 0 bridgehead atoms. The summed E-state index contributed by atoms with van der Waals surface area (Å²) in [5.74, 6) is 2.12. The molecule has 1 aliphatic rings. The second kappa shape index (κ2) is 3.40. The molecule has 0 saturated heterocycles. The summed E-state index contributed by atoms with van der Waals surface area (Å²) in [5, 5.41) is 5.17. The second-order valence-electron chi connectivity index (χ2n) is 2.43. The van der Waals surface area contributed by atoms with E-state index >= 15 is 0 Å². The van der Waals surface area contributed by atoms with Gasteiger partial charge in [0.15, 0.2) is 11.5 Å². The van der Waals surface area contributed by atoms with Gasteiger partial charge in [0.2, 0.25) is 0 Å². The molecule has 0 amide bonds. The van der Waals surface area contributed by atoms with E-state index in [0.717, 1.165) is 11.8 Å². The summed E-state index contributed by atoms with van der Waals surface area (Å²) in [7, 11) is 3.91. The lowest BCUT2D eigenvalue weighted by molar-refractivity contribution is -0.483. The molecule has 0 aromatic carbocycles. The van der Waals surface area contributed by atoms with Crippen LogP contribution in [-0.2, 0) is 0 Å². The Morgan fingerprint density at radius 3 is 2.55 bits per heavy atom. The Hall–Kier alpha value is -0.300. The van der Waals surface area contributed by atoms with Crippen molar-refractivity contribution in [3.8, 4) is 0 Å². The average Bonchev–Trinajstić information content (AvgIpc) is 2.26. The van der Waals surface area contributed by atoms with Crippen molar-refractivity contribution in [1.29, 1.82) is 0 Å². The zero-order valence-corrected chi connectivity index (χ0v) is 9.01. The SMILES string of the molecule is CNC1=C(C)[NH2+]C(=NI)N1C. The molecule has 1 rings (SSSR count). The smallest absolute Gasteiger partial charge is 0.317 e. The zero-order chi connectivity index (χ0) is 8.43. The van der Waals surface area contributed by atoms with Crippen LogP contribution in [0.2, 0.25) is 0 Å². The maximum atomic E-state index is 4.09. The Balaban J connectivity index is 2.86. The summed E-state index contributed by atoms with van der Waals surface area (Å²) >= 11 is 2.00. The minimum Gasteiger partial charge on any atom is -0.370 e. The molecule has 0 radical (unpaired) electrons. The fourth-order valence-electron chi connectivity index (χ4n) is 1.18. The first-order chi connectivity index (χ1) is 5.20. The van der Waals surface area contributed by atoms with Gasteiger partial charge >= 0.3 is 5.96 Å². The summed E-state index contributed by atoms with van der Waals surface area (Å²) in [6.45, 7) is 2.07. The van der Waals surface area contributed by atoms with E-state index in [0.29, 0.717) is 0 Å². The number of hydrogen-bond acceptors (Lipinski definition) is 2. The highest BCUT2D eigenvalue weighted by atomic mass is 127. The third kappa shape index (κ3) is 1.48. The van der Waals surface area contributed by atoms with Crippen molar-refractivity contribution in [2.45, 2.75) is 6.92 Å². The Morgan fingerprint density at radius 1 is 1.64 bits per heavy atom. The van der Waals surface area contributed by atoms with Gasteiger partial charge in [0.05, 0.1) is 22.9 Å². The van der Waals surface area contributed by atoms with Crippen LogP contribution >= 0.6 is 22.9 Å². The standard InChI is InChI=1S/C6H11IN4/c1-4-5(8-2)11(3)6(9-4)10-7/h8H,1-3H3,(H,9,10)/p+1. The summed E-state index contributed by atoms with van der Waals surface area (Å²) < 4.78 is 4.09. The molecule has 0 aliphatic carbocycles. The molecule has 0 atom stereocenters. The largest absolute Gasteiger partial charge is 0.370 e. The van der Waals surface area contributed by atoms with Crippen LogP contribution < -0.4 is 10.6 Å². The lowest BCUT2D eigenvalue weighted by Crippen LogP contribution is -2.85. The van der Waals surface area contributed by atoms with Gasteiger partial charge in [-0.1, -0.05) is 0 Å². The van der Waals surface area contributed by atoms with Gasteiger partial charge < -0.3 is 5.32 Å². The number of nitrogens with two attached hydrogens (primary N) is 1. The van der Waals surface area contributed by atoms with Crippen LogP contribution in [0.4, 0.5) is 0 Å². The quantitative estimate of drug-likeness (QED) is 0.635. The van der Waals surface area contributed by atoms with E-state index in [4.69, 9.17) is 0 Å². The number of nitrogens with zero attached hydrogens (tertiary/aromatic N) is 2. The van der Waals surface area contributed by atoms with Gasteiger partial charge in [-0.15, -0.1) is 3.21 Å². The monoisotopic (exact) mass is 267 g/mol. The number of allylic oxidation sites excluding steroid dienone is 1. The second-order valence-corrected chi connectivity index (χ2v) is 2.91. The van der Waals surface area contributed by atoms with Crippen LogP contribution in [-0.4, -0.2) is 25.0 Å². The lowest BCUT2D eigenvalue weighted by Gasteiger charge is -2.09. The number of guanidine groups is 1. The normalized spacial score (nSPS) is 21.8. The van der Waals surface area contributed by atoms with E-state index in [1.807, 2.05) is 41.9 Å². The fourth-order valence-corrected chi connectivity index (χ4v) is 1.65. The van der Waals surface area contributed by atoms with Crippen molar-refractivity contribution < 1.29 is 5.32 Å². The maximum Gasteiger partial charge on any atom is 0.317 e. The number of halogens is 1. The molecule has 0 aromatic heterocycles. The van der Waals surface area contributed by atoms with Crippen LogP contribution in [0.1, 0.15) is 6.92 Å².